The van der Waals surface area contributed by atoms with Gasteiger partial charge >= 0.3 is 0 Å². The summed E-state index contributed by atoms with van der Waals surface area (Å²) in [5.74, 6) is -0.462. The standard InChI is InChI=1S/C19H20N2O3/c22-14-6-11-20(15-7-2-1-3-8-15)12-13-21-18(23)16-9-4-5-10-17(16)19(21)24/h1-5,7-10,22H,6,11-14H2. The van der Waals surface area contributed by atoms with Gasteiger partial charge in [0.05, 0.1) is 11.1 Å². The molecule has 124 valence electrons. The van der Waals surface area contributed by atoms with E-state index in [1.807, 2.05) is 30.3 Å². The normalized spacial score (nSPS) is 13.3. The first-order valence-corrected chi connectivity index (χ1v) is 8.08. The molecule has 0 spiro atoms. The molecule has 1 N–H and O–H groups in total. The van der Waals surface area contributed by atoms with Crippen molar-refractivity contribution in [2.45, 2.75) is 6.42 Å². The Morgan fingerprint density at radius 3 is 2.00 bits per heavy atom. The Bertz CT molecular complexity index is 695. The van der Waals surface area contributed by atoms with Crippen molar-refractivity contribution in [2.75, 3.05) is 31.1 Å². The quantitative estimate of drug-likeness (QED) is 0.793. The van der Waals surface area contributed by atoms with Crippen LogP contribution in [-0.2, 0) is 0 Å². The zero-order chi connectivity index (χ0) is 16.9. The predicted octanol–water partition coefficient (Wildman–Crippen LogP) is 2.17. The molecule has 0 aromatic heterocycles. The van der Waals surface area contributed by atoms with Gasteiger partial charge in [0.2, 0.25) is 0 Å². The molecule has 5 nitrogen and oxygen atoms in total. The van der Waals surface area contributed by atoms with Crippen LogP contribution in [0.25, 0.3) is 0 Å². The molecule has 2 aromatic rings. The lowest BCUT2D eigenvalue weighted by Gasteiger charge is -2.26. The highest BCUT2D eigenvalue weighted by atomic mass is 16.3. The number of aliphatic hydroxyl groups is 1. The maximum absolute atomic E-state index is 12.4. The van der Waals surface area contributed by atoms with Crippen LogP contribution in [0.1, 0.15) is 27.1 Å². The summed E-state index contributed by atoms with van der Waals surface area (Å²) in [6.45, 7) is 1.64. The SMILES string of the molecule is O=C1c2ccccc2C(=O)N1CCN(CCCO)c1ccccc1. The first kappa shape index (κ1) is 16.2. The molecule has 24 heavy (non-hydrogen) atoms. The molecule has 5 heteroatoms. The van der Waals surface area contributed by atoms with Gasteiger partial charge in [-0.05, 0) is 30.7 Å². The second kappa shape index (κ2) is 7.27. The molecule has 0 saturated heterocycles. The number of hydrogen-bond donors (Lipinski definition) is 1. The van der Waals surface area contributed by atoms with Gasteiger partial charge in [-0.1, -0.05) is 30.3 Å². The minimum absolute atomic E-state index is 0.107. The largest absolute Gasteiger partial charge is 0.396 e. The van der Waals surface area contributed by atoms with Crippen molar-refractivity contribution in [2.24, 2.45) is 0 Å². The molecule has 2 amide bonds. The third-order valence-corrected chi connectivity index (χ3v) is 4.18. The first-order chi connectivity index (χ1) is 11.7. The monoisotopic (exact) mass is 324 g/mol. The summed E-state index contributed by atoms with van der Waals surface area (Å²) in [4.78, 5) is 28.2. The summed E-state index contributed by atoms with van der Waals surface area (Å²) in [5.41, 5.74) is 1.97. The van der Waals surface area contributed by atoms with Crippen molar-refractivity contribution >= 4 is 17.5 Å². The molecule has 2 aromatic carbocycles. The van der Waals surface area contributed by atoms with Crippen LogP contribution in [0, 0.1) is 0 Å². The van der Waals surface area contributed by atoms with E-state index < -0.39 is 0 Å². The van der Waals surface area contributed by atoms with Crippen LogP contribution in [0.3, 0.4) is 0 Å². The fourth-order valence-corrected chi connectivity index (χ4v) is 2.93. The number of amides is 2. The van der Waals surface area contributed by atoms with E-state index in [2.05, 4.69) is 4.90 Å². The van der Waals surface area contributed by atoms with Crippen LogP contribution in [0.15, 0.2) is 54.6 Å². The molecule has 0 bridgehead atoms. The summed E-state index contributed by atoms with van der Waals surface area (Å²) in [6.07, 6.45) is 0.636. The van der Waals surface area contributed by atoms with Crippen molar-refractivity contribution in [1.82, 2.24) is 4.90 Å². The summed E-state index contributed by atoms with van der Waals surface area (Å²) < 4.78 is 0. The topological polar surface area (TPSA) is 60.9 Å². The molecule has 1 aliphatic heterocycles. The van der Waals surface area contributed by atoms with E-state index in [4.69, 9.17) is 5.11 Å². The van der Waals surface area contributed by atoms with Gasteiger partial charge in [0, 0.05) is 31.9 Å². The van der Waals surface area contributed by atoms with Gasteiger partial charge in [0.25, 0.3) is 11.8 Å². The molecule has 0 saturated carbocycles. The average molecular weight is 324 g/mol. The highest BCUT2D eigenvalue weighted by Gasteiger charge is 2.34. The van der Waals surface area contributed by atoms with Crippen LogP contribution < -0.4 is 4.90 Å². The molecule has 1 aliphatic rings. The maximum atomic E-state index is 12.4. The molecule has 1 heterocycles. The molecule has 3 rings (SSSR count). The third kappa shape index (κ3) is 3.16. The lowest BCUT2D eigenvalue weighted by Crippen LogP contribution is -2.39. The zero-order valence-electron chi connectivity index (χ0n) is 13.4. The number of carbonyl (C=O) groups is 2. The average Bonchev–Trinajstić information content (AvgIpc) is 2.87. The van der Waals surface area contributed by atoms with Crippen molar-refractivity contribution in [1.29, 1.82) is 0 Å². The highest BCUT2D eigenvalue weighted by molar-refractivity contribution is 6.21. The van der Waals surface area contributed by atoms with E-state index in [-0.39, 0.29) is 18.4 Å². The van der Waals surface area contributed by atoms with E-state index in [0.717, 1.165) is 5.69 Å². The van der Waals surface area contributed by atoms with Gasteiger partial charge in [-0.25, -0.2) is 0 Å². The minimum atomic E-state index is -0.231. The first-order valence-electron chi connectivity index (χ1n) is 8.08. The third-order valence-electron chi connectivity index (χ3n) is 4.18. The number of benzene rings is 2. The second-order valence-electron chi connectivity index (χ2n) is 5.71. The predicted molar refractivity (Wildman–Crippen MR) is 92.2 cm³/mol. The summed E-state index contributed by atoms with van der Waals surface area (Å²) in [7, 11) is 0. The Morgan fingerprint density at radius 2 is 1.42 bits per heavy atom. The Morgan fingerprint density at radius 1 is 0.833 bits per heavy atom. The van der Waals surface area contributed by atoms with Crippen molar-refractivity contribution in [3.63, 3.8) is 0 Å². The Hall–Kier alpha value is -2.66. The van der Waals surface area contributed by atoms with E-state index in [1.165, 1.54) is 4.90 Å². The van der Waals surface area contributed by atoms with Gasteiger partial charge < -0.3 is 10.0 Å². The highest BCUT2D eigenvalue weighted by Crippen LogP contribution is 2.22. The number of imide groups is 1. The molecule has 0 fully saturated rings. The summed E-state index contributed by atoms with van der Waals surface area (Å²) >= 11 is 0. The van der Waals surface area contributed by atoms with Crippen LogP contribution in [0.5, 0.6) is 0 Å². The Kier molecular flexibility index (Phi) is 4.91. The number of anilines is 1. The van der Waals surface area contributed by atoms with Gasteiger partial charge in [-0.15, -0.1) is 0 Å². The molecular weight excluding hydrogens is 304 g/mol. The molecule has 0 atom stereocenters. The number of aliphatic hydroxyl groups excluding tert-OH is 1. The fourth-order valence-electron chi connectivity index (χ4n) is 2.93. The van der Waals surface area contributed by atoms with Crippen LogP contribution in [0.4, 0.5) is 5.69 Å². The molecule has 0 radical (unpaired) electrons. The molecular formula is C19H20N2O3. The number of carbonyl (C=O) groups excluding carboxylic acids is 2. The van der Waals surface area contributed by atoms with Crippen molar-refractivity contribution < 1.29 is 14.7 Å². The fraction of sp³-hybridized carbons (Fsp3) is 0.263. The lowest BCUT2D eigenvalue weighted by molar-refractivity contribution is 0.0658. The number of nitrogens with zero attached hydrogens (tertiary/aromatic N) is 2. The minimum Gasteiger partial charge on any atom is -0.396 e. The van der Waals surface area contributed by atoms with Crippen LogP contribution in [-0.4, -0.2) is 48.1 Å². The van der Waals surface area contributed by atoms with Gasteiger partial charge in [-0.2, -0.15) is 0 Å². The van der Waals surface area contributed by atoms with Gasteiger partial charge in [-0.3, -0.25) is 14.5 Å². The Labute approximate surface area is 141 Å². The Balaban J connectivity index is 1.71. The second-order valence-corrected chi connectivity index (χ2v) is 5.71. The van der Waals surface area contributed by atoms with Crippen LogP contribution >= 0.6 is 0 Å². The number of fused-ring (bicyclic) bond motifs is 1. The van der Waals surface area contributed by atoms with E-state index in [1.54, 1.807) is 24.3 Å². The molecule has 0 unspecified atom stereocenters. The van der Waals surface area contributed by atoms with Crippen molar-refractivity contribution in [3.05, 3.63) is 65.7 Å². The van der Waals surface area contributed by atoms with Crippen LogP contribution in [0.2, 0.25) is 0 Å². The van der Waals surface area contributed by atoms with Gasteiger partial charge in [0.1, 0.15) is 0 Å². The number of rotatable bonds is 7. The van der Waals surface area contributed by atoms with E-state index >= 15 is 0 Å². The summed E-state index contributed by atoms with van der Waals surface area (Å²) in [6, 6.07) is 16.7. The van der Waals surface area contributed by atoms with E-state index in [9.17, 15) is 9.59 Å². The number of hydrogen-bond acceptors (Lipinski definition) is 4. The molecule has 0 aliphatic carbocycles. The lowest BCUT2D eigenvalue weighted by atomic mass is 10.1. The number of para-hydroxylation sites is 1. The van der Waals surface area contributed by atoms with E-state index in [0.29, 0.717) is 37.2 Å². The smallest absolute Gasteiger partial charge is 0.261 e. The maximum Gasteiger partial charge on any atom is 0.261 e. The summed E-state index contributed by atoms with van der Waals surface area (Å²) in [5, 5.41) is 9.10. The zero-order valence-corrected chi connectivity index (χ0v) is 13.4. The van der Waals surface area contributed by atoms with Gasteiger partial charge in [0.15, 0.2) is 0 Å². The van der Waals surface area contributed by atoms with Crippen molar-refractivity contribution in [3.8, 4) is 0 Å².